The number of fused-ring (bicyclic) bond motifs is 2. The molecule has 1 aliphatic heterocycles. The number of carbonyl (C=O) groups excluding carboxylic acids is 2. The van der Waals surface area contributed by atoms with Gasteiger partial charge in [0.25, 0.3) is 5.91 Å². The topological polar surface area (TPSA) is 71.6 Å². The first-order valence-corrected chi connectivity index (χ1v) is 14.3. The summed E-state index contributed by atoms with van der Waals surface area (Å²) in [5, 5.41) is 0.854. The highest BCUT2D eigenvalue weighted by Crippen LogP contribution is 2.52. The molecule has 212 valence electrons. The molecule has 1 atom stereocenters. The number of rotatable bonds is 6. The van der Waals surface area contributed by atoms with Crippen LogP contribution in [0.1, 0.15) is 61.6 Å². The number of ether oxygens (including phenoxy) is 2. The molecule has 6 nitrogen and oxygen atoms in total. The van der Waals surface area contributed by atoms with E-state index < -0.39 is 23.2 Å². The van der Waals surface area contributed by atoms with E-state index in [0.29, 0.717) is 16.8 Å². The Labute approximate surface area is 245 Å². The summed E-state index contributed by atoms with van der Waals surface area (Å²) in [6.45, 7) is 7.47. The SMILES string of the molecule is CCOC1(c2c(C(c3ccccc3)c3ccccc3)[nH]c3ccccc23)C(=O)N(C(=O)OC(C)(C)C)c2ccccc21. The quantitative estimate of drug-likeness (QED) is 0.230. The normalized spacial score (nSPS) is 16.7. The lowest BCUT2D eigenvalue weighted by atomic mass is 9.79. The number of amides is 2. The van der Waals surface area contributed by atoms with Crippen LogP contribution in [0.4, 0.5) is 10.5 Å². The highest BCUT2D eigenvalue weighted by Gasteiger charge is 2.58. The lowest BCUT2D eigenvalue weighted by Gasteiger charge is -2.32. The maximum atomic E-state index is 14.9. The van der Waals surface area contributed by atoms with Crippen LogP contribution in [0.3, 0.4) is 0 Å². The number of benzene rings is 4. The molecule has 4 aromatic carbocycles. The molecule has 0 fully saturated rings. The third-order valence-corrected chi connectivity index (χ3v) is 7.61. The Hall–Kier alpha value is -4.68. The second kappa shape index (κ2) is 10.6. The van der Waals surface area contributed by atoms with Crippen LogP contribution in [0, 0.1) is 0 Å². The molecule has 1 unspecified atom stereocenters. The number of H-pyrrole nitrogens is 1. The van der Waals surface area contributed by atoms with E-state index in [0.717, 1.165) is 32.6 Å². The summed E-state index contributed by atoms with van der Waals surface area (Å²) in [5.74, 6) is -0.742. The maximum absolute atomic E-state index is 14.9. The average molecular weight is 559 g/mol. The third kappa shape index (κ3) is 4.48. The van der Waals surface area contributed by atoms with Crippen LogP contribution in [-0.2, 0) is 19.9 Å². The van der Waals surface area contributed by atoms with Gasteiger partial charge in [-0.3, -0.25) is 4.79 Å². The molecule has 2 amide bonds. The minimum atomic E-state index is -1.60. The molecule has 0 aliphatic carbocycles. The summed E-state index contributed by atoms with van der Waals surface area (Å²) in [6.07, 6.45) is -0.731. The fourth-order valence-electron chi connectivity index (χ4n) is 6.08. The van der Waals surface area contributed by atoms with Crippen LogP contribution in [0.5, 0.6) is 0 Å². The van der Waals surface area contributed by atoms with Crippen LogP contribution < -0.4 is 4.90 Å². The molecule has 42 heavy (non-hydrogen) atoms. The number of carbonyl (C=O) groups is 2. The average Bonchev–Trinajstić information content (AvgIpc) is 3.47. The summed E-state index contributed by atoms with van der Waals surface area (Å²) < 4.78 is 12.4. The number of nitrogens with one attached hydrogen (secondary N) is 1. The first-order valence-electron chi connectivity index (χ1n) is 14.3. The number of para-hydroxylation sites is 2. The number of hydrogen-bond donors (Lipinski definition) is 1. The van der Waals surface area contributed by atoms with E-state index in [1.807, 2.05) is 85.8 Å². The Bertz CT molecular complexity index is 1710. The molecule has 5 aromatic rings. The van der Waals surface area contributed by atoms with Crippen molar-refractivity contribution in [2.45, 2.75) is 44.8 Å². The van der Waals surface area contributed by atoms with Crippen molar-refractivity contribution in [3.63, 3.8) is 0 Å². The smallest absolute Gasteiger partial charge is 0.421 e. The lowest BCUT2D eigenvalue weighted by molar-refractivity contribution is -0.137. The molecule has 0 saturated heterocycles. The molecule has 0 bridgehead atoms. The fourth-order valence-corrected chi connectivity index (χ4v) is 6.08. The first-order chi connectivity index (χ1) is 20.3. The van der Waals surface area contributed by atoms with Gasteiger partial charge in [0.1, 0.15) is 5.60 Å². The van der Waals surface area contributed by atoms with Gasteiger partial charge in [-0.2, -0.15) is 0 Å². The summed E-state index contributed by atoms with van der Waals surface area (Å²) >= 11 is 0. The van der Waals surface area contributed by atoms with Crippen molar-refractivity contribution in [2.24, 2.45) is 0 Å². The Morgan fingerprint density at radius 3 is 2.02 bits per heavy atom. The predicted molar refractivity (Wildman–Crippen MR) is 165 cm³/mol. The molecule has 1 aliphatic rings. The second-order valence-corrected chi connectivity index (χ2v) is 11.5. The minimum Gasteiger partial charge on any atom is -0.443 e. The van der Waals surface area contributed by atoms with Gasteiger partial charge in [-0.15, -0.1) is 0 Å². The fraction of sp³-hybridized carbons (Fsp3) is 0.222. The number of nitrogens with zero attached hydrogens (tertiary/aromatic N) is 1. The summed E-state index contributed by atoms with van der Waals surface area (Å²) in [7, 11) is 0. The van der Waals surface area contributed by atoms with Crippen molar-refractivity contribution in [1.29, 1.82) is 0 Å². The zero-order valence-corrected chi connectivity index (χ0v) is 24.3. The molecule has 2 heterocycles. The molecule has 6 rings (SSSR count). The minimum absolute atomic E-state index is 0.239. The van der Waals surface area contributed by atoms with Crippen LogP contribution in [-0.4, -0.2) is 29.2 Å². The van der Waals surface area contributed by atoms with E-state index in [1.54, 1.807) is 26.8 Å². The highest BCUT2D eigenvalue weighted by atomic mass is 16.6. The zero-order valence-electron chi connectivity index (χ0n) is 24.3. The monoisotopic (exact) mass is 558 g/mol. The summed E-state index contributed by atoms with van der Waals surface area (Å²) in [6, 6.07) is 35.7. The Morgan fingerprint density at radius 2 is 1.40 bits per heavy atom. The highest BCUT2D eigenvalue weighted by molar-refractivity contribution is 6.22. The number of aromatic amines is 1. The zero-order chi connectivity index (χ0) is 29.5. The van der Waals surface area contributed by atoms with Gasteiger partial charge in [-0.05, 0) is 51.0 Å². The number of aromatic nitrogens is 1. The van der Waals surface area contributed by atoms with E-state index in [1.165, 1.54) is 0 Å². The van der Waals surface area contributed by atoms with Crippen LogP contribution >= 0.6 is 0 Å². The number of anilines is 1. The number of imide groups is 1. The molecule has 6 heteroatoms. The molecular weight excluding hydrogens is 524 g/mol. The van der Waals surface area contributed by atoms with Gasteiger partial charge in [0.15, 0.2) is 0 Å². The van der Waals surface area contributed by atoms with Crippen molar-refractivity contribution in [1.82, 2.24) is 4.98 Å². The van der Waals surface area contributed by atoms with Gasteiger partial charge in [-0.1, -0.05) is 97.1 Å². The summed E-state index contributed by atoms with van der Waals surface area (Å²) in [5.41, 5.74) is 3.19. The van der Waals surface area contributed by atoms with Crippen molar-refractivity contribution in [2.75, 3.05) is 11.5 Å². The Balaban J connectivity index is 1.69. The standard InChI is InChI=1S/C36H34N2O4/c1-5-41-36(27-21-13-15-23-29(27)38(33(36)39)34(40)42-35(2,3)4)31-26-20-12-14-22-28(26)37-32(31)30(24-16-8-6-9-17-24)25-18-10-7-11-19-25/h6-23,30,37H,5H2,1-4H3. The van der Waals surface area contributed by atoms with Gasteiger partial charge in [-0.25, -0.2) is 9.69 Å². The van der Waals surface area contributed by atoms with Crippen molar-refractivity contribution in [3.8, 4) is 0 Å². The largest absolute Gasteiger partial charge is 0.443 e. The van der Waals surface area contributed by atoms with E-state index in [9.17, 15) is 9.59 Å². The van der Waals surface area contributed by atoms with Gasteiger partial charge < -0.3 is 14.5 Å². The van der Waals surface area contributed by atoms with Crippen LogP contribution in [0.25, 0.3) is 10.9 Å². The van der Waals surface area contributed by atoms with Crippen molar-refractivity contribution >= 4 is 28.6 Å². The molecule has 0 saturated carbocycles. The maximum Gasteiger partial charge on any atom is 0.421 e. The van der Waals surface area contributed by atoms with E-state index >= 15 is 0 Å². The summed E-state index contributed by atoms with van der Waals surface area (Å²) in [4.78, 5) is 33.3. The van der Waals surface area contributed by atoms with Crippen molar-refractivity contribution in [3.05, 3.63) is 137 Å². The molecule has 0 radical (unpaired) electrons. The predicted octanol–water partition coefficient (Wildman–Crippen LogP) is 7.91. The molecule has 1 N–H and O–H groups in total. The van der Waals surface area contributed by atoms with Crippen LogP contribution in [0.2, 0.25) is 0 Å². The van der Waals surface area contributed by atoms with E-state index in [2.05, 4.69) is 29.2 Å². The lowest BCUT2D eigenvalue weighted by Crippen LogP contribution is -2.47. The third-order valence-electron chi connectivity index (χ3n) is 7.61. The Kier molecular flexibility index (Phi) is 6.95. The van der Waals surface area contributed by atoms with Gasteiger partial charge in [0.05, 0.1) is 5.69 Å². The molecular formula is C36H34N2O4. The molecule has 1 aromatic heterocycles. The van der Waals surface area contributed by atoms with Gasteiger partial charge >= 0.3 is 6.09 Å². The second-order valence-electron chi connectivity index (χ2n) is 11.5. The van der Waals surface area contributed by atoms with Crippen molar-refractivity contribution < 1.29 is 19.1 Å². The van der Waals surface area contributed by atoms with E-state index in [4.69, 9.17) is 9.47 Å². The van der Waals surface area contributed by atoms with Crippen LogP contribution in [0.15, 0.2) is 109 Å². The first kappa shape index (κ1) is 27.5. The van der Waals surface area contributed by atoms with Gasteiger partial charge in [0, 0.05) is 40.2 Å². The van der Waals surface area contributed by atoms with Gasteiger partial charge in [0.2, 0.25) is 5.60 Å². The van der Waals surface area contributed by atoms with E-state index in [-0.39, 0.29) is 12.5 Å². The Morgan fingerprint density at radius 1 is 0.833 bits per heavy atom. The molecule has 0 spiro atoms. The number of hydrogen-bond acceptors (Lipinski definition) is 4.